The maximum absolute atomic E-state index is 5.49. The third-order valence-electron chi connectivity index (χ3n) is 4.24. The molecule has 0 aliphatic carbocycles. The Balaban J connectivity index is 1.54. The van der Waals surface area contributed by atoms with Gasteiger partial charge in [0.2, 0.25) is 0 Å². The molecule has 0 amide bonds. The van der Waals surface area contributed by atoms with Crippen LogP contribution in [-0.4, -0.2) is 34.1 Å². The van der Waals surface area contributed by atoms with Crippen molar-refractivity contribution >= 4 is 22.6 Å². The molecule has 6 nitrogen and oxygen atoms in total. The zero-order valence-electron chi connectivity index (χ0n) is 13.1. The number of aromatic nitrogens is 3. The highest BCUT2D eigenvalue weighted by Gasteiger charge is 2.23. The van der Waals surface area contributed by atoms with Crippen molar-refractivity contribution in [3.05, 3.63) is 42.7 Å². The Morgan fingerprint density at radius 1 is 1.26 bits per heavy atom. The third-order valence-corrected chi connectivity index (χ3v) is 4.24. The maximum Gasteiger partial charge on any atom is 0.139 e. The van der Waals surface area contributed by atoms with Crippen LogP contribution in [0, 0.1) is 6.92 Å². The van der Waals surface area contributed by atoms with Crippen LogP contribution in [0.15, 0.2) is 41.4 Å². The quantitative estimate of drug-likeness (QED) is 0.802. The van der Waals surface area contributed by atoms with Gasteiger partial charge in [-0.05, 0) is 31.9 Å². The fraction of sp³-hybridized carbons (Fsp3) is 0.353. The number of hydrogen-bond acceptors (Lipinski definition) is 6. The predicted octanol–water partition coefficient (Wildman–Crippen LogP) is 3.01. The summed E-state index contributed by atoms with van der Waals surface area (Å²) in [6, 6.07) is 6.22. The summed E-state index contributed by atoms with van der Waals surface area (Å²) in [5.74, 6) is 1.89. The molecule has 1 N–H and O–H groups in total. The number of piperidine rings is 1. The lowest BCUT2D eigenvalue weighted by molar-refractivity contribution is 0.526. The third kappa shape index (κ3) is 2.84. The molecule has 4 heterocycles. The first-order valence-corrected chi connectivity index (χ1v) is 7.92. The summed E-state index contributed by atoms with van der Waals surface area (Å²) < 4.78 is 5.49. The monoisotopic (exact) mass is 309 g/mol. The fourth-order valence-corrected chi connectivity index (χ4v) is 3.16. The Labute approximate surface area is 134 Å². The number of pyridine rings is 1. The Hall–Kier alpha value is -2.63. The number of rotatable bonds is 3. The lowest BCUT2D eigenvalue weighted by atomic mass is 10.1. The molecule has 1 aliphatic heterocycles. The number of furan rings is 1. The van der Waals surface area contributed by atoms with E-state index in [0.29, 0.717) is 6.04 Å². The second-order valence-corrected chi connectivity index (χ2v) is 5.94. The molecule has 1 aliphatic rings. The Morgan fingerprint density at radius 2 is 2.22 bits per heavy atom. The largest absolute Gasteiger partial charge is 0.464 e. The summed E-state index contributed by atoms with van der Waals surface area (Å²) in [4.78, 5) is 15.3. The van der Waals surface area contributed by atoms with Crippen molar-refractivity contribution < 1.29 is 4.42 Å². The van der Waals surface area contributed by atoms with Gasteiger partial charge in [-0.2, -0.15) is 0 Å². The van der Waals surface area contributed by atoms with Crippen molar-refractivity contribution in [2.24, 2.45) is 0 Å². The van der Waals surface area contributed by atoms with Crippen molar-refractivity contribution in [1.82, 2.24) is 15.0 Å². The Kier molecular flexibility index (Phi) is 3.57. The van der Waals surface area contributed by atoms with Gasteiger partial charge in [-0.25, -0.2) is 15.0 Å². The number of fused-ring (bicyclic) bond motifs is 1. The molecular formula is C17H19N5O. The molecule has 1 atom stereocenters. The molecule has 3 aromatic heterocycles. The first kappa shape index (κ1) is 14.0. The molecule has 0 spiro atoms. The van der Waals surface area contributed by atoms with Crippen molar-refractivity contribution in [3.8, 4) is 0 Å². The molecule has 0 radical (unpaired) electrons. The summed E-state index contributed by atoms with van der Waals surface area (Å²) in [6.07, 6.45) is 7.38. The minimum atomic E-state index is 0.349. The fourth-order valence-electron chi connectivity index (χ4n) is 3.16. The van der Waals surface area contributed by atoms with Gasteiger partial charge in [-0.1, -0.05) is 0 Å². The van der Waals surface area contributed by atoms with Crippen LogP contribution in [-0.2, 0) is 0 Å². The van der Waals surface area contributed by atoms with Crippen LogP contribution in [0.5, 0.6) is 0 Å². The minimum Gasteiger partial charge on any atom is -0.464 e. The number of nitrogens with one attached hydrogen (secondary N) is 1. The van der Waals surface area contributed by atoms with Crippen LogP contribution >= 0.6 is 0 Å². The van der Waals surface area contributed by atoms with Crippen LogP contribution in [0.25, 0.3) is 11.0 Å². The number of hydrogen-bond donors (Lipinski definition) is 1. The zero-order chi connectivity index (χ0) is 15.6. The molecule has 3 aromatic rings. The van der Waals surface area contributed by atoms with Gasteiger partial charge in [0.1, 0.15) is 23.5 Å². The van der Waals surface area contributed by atoms with Gasteiger partial charge in [0.05, 0.1) is 11.6 Å². The van der Waals surface area contributed by atoms with Gasteiger partial charge < -0.3 is 14.6 Å². The average molecular weight is 309 g/mol. The van der Waals surface area contributed by atoms with E-state index in [1.807, 2.05) is 31.3 Å². The van der Waals surface area contributed by atoms with Crippen molar-refractivity contribution in [2.75, 3.05) is 23.3 Å². The molecule has 23 heavy (non-hydrogen) atoms. The summed E-state index contributed by atoms with van der Waals surface area (Å²) in [5.41, 5.74) is 1.86. The Morgan fingerprint density at radius 3 is 3.13 bits per heavy atom. The molecule has 0 saturated carbocycles. The van der Waals surface area contributed by atoms with E-state index in [1.54, 1.807) is 12.6 Å². The Bertz CT molecular complexity index is 815. The first-order chi connectivity index (χ1) is 11.3. The van der Waals surface area contributed by atoms with Crippen LogP contribution in [0.3, 0.4) is 0 Å². The molecular weight excluding hydrogens is 290 g/mol. The molecule has 1 saturated heterocycles. The van der Waals surface area contributed by atoms with Gasteiger partial charge >= 0.3 is 0 Å². The average Bonchev–Trinajstić information content (AvgIpc) is 3.03. The minimum absolute atomic E-state index is 0.349. The number of aryl methyl sites for hydroxylation is 1. The van der Waals surface area contributed by atoms with Crippen molar-refractivity contribution in [2.45, 2.75) is 25.8 Å². The molecule has 0 aromatic carbocycles. The van der Waals surface area contributed by atoms with Crippen LogP contribution in [0.2, 0.25) is 0 Å². The smallest absolute Gasteiger partial charge is 0.139 e. The summed E-state index contributed by atoms with van der Waals surface area (Å²) >= 11 is 0. The standard InChI is InChI=1S/C17H19N5O/c1-12-9-16(20-11-19-12)21-13-3-2-7-22(10-13)17-14-5-8-23-15(14)4-6-18-17/h4-6,8-9,11,13H,2-3,7,10H2,1H3,(H,19,20,21). The van der Waals surface area contributed by atoms with Gasteiger partial charge in [-0.3, -0.25) is 0 Å². The van der Waals surface area contributed by atoms with Gasteiger partial charge in [0.25, 0.3) is 0 Å². The highest BCUT2D eigenvalue weighted by molar-refractivity contribution is 5.88. The summed E-state index contributed by atoms with van der Waals surface area (Å²) in [7, 11) is 0. The van der Waals surface area contributed by atoms with E-state index in [4.69, 9.17) is 4.42 Å². The zero-order valence-corrected chi connectivity index (χ0v) is 13.1. The van der Waals surface area contributed by atoms with Gasteiger partial charge in [0, 0.05) is 37.1 Å². The lowest BCUT2D eigenvalue weighted by Crippen LogP contribution is -2.42. The molecule has 4 rings (SSSR count). The maximum atomic E-state index is 5.49. The molecule has 1 fully saturated rings. The van der Waals surface area contributed by atoms with Crippen LogP contribution in [0.4, 0.5) is 11.6 Å². The van der Waals surface area contributed by atoms with Crippen LogP contribution in [0.1, 0.15) is 18.5 Å². The summed E-state index contributed by atoms with van der Waals surface area (Å²) in [6.45, 7) is 3.89. The van der Waals surface area contributed by atoms with E-state index in [1.165, 1.54) is 0 Å². The van der Waals surface area contributed by atoms with E-state index >= 15 is 0 Å². The van der Waals surface area contributed by atoms with E-state index in [-0.39, 0.29) is 0 Å². The highest BCUT2D eigenvalue weighted by Crippen LogP contribution is 2.28. The molecule has 6 heteroatoms. The number of nitrogens with zero attached hydrogens (tertiary/aromatic N) is 4. The van der Waals surface area contributed by atoms with E-state index < -0.39 is 0 Å². The second-order valence-electron chi connectivity index (χ2n) is 5.94. The SMILES string of the molecule is Cc1cc(NC2CCCN(c3nccc4occc34)C2)ncn1. The first-order valence-electron chi connectivity index (χ1n) is 7.92. The lowest BCUT2D eigenvalue weighted by Gasteiger charge is -2.34. The topological polar surface area (TPSA) is 67.1 Å². The summed E-state index contributed by atoms with van der Waals surface area (Å²) in [5, 5.41) is 4.59. The van der Waals surface area contributed by atoms with Gasteiger partial charge in [-0.15, -0.1) is 0 Å². The molecule has 0 bridgehead atoms. The highest BCUT2D eigenvalue weighted by atomic mass is 16.3. The van der Waals surface area contributed by atoms with E-state index in [9.17, 15) is 0 Å². The van der Waals surface area contributed by atoms with Gasteiger partial charge in [0.15, 0.2) is 0 Å². The van der Waals surface area contributed by atoms with Crippen LogP contribution < -0.4 is 10.2 Å². The second kappa shape index (κ2) is 5.87. The van der Waals surface area contributed by atoms with E-state index in [0.717, 1.165) is 54.2 Å². The predicted molar refractivity (Wildman–Crippen MR) is 89.6 cm³/mol. The molecule has 118 valence electrons. The molecule has 1 unspecified atom stereocenters. The van der Waals surface area contributed by atoms with Crippen molar-refractivity contribution in [1.29, 1.82) is 0 Å². The van der Waals surface area contributed by atoms with Crippen molar-refractivity contribution in [3.63, 3.8) is 0 Å². The van der Waals surface area contributed by atoms with E-state index in [2.05, 4.69) is 25.2 Å². The number of anilines is 2. The normalized spacial score (nSPS) is 18.3.